The van der Waals surface area contributed by atoms with E-state index in [1.54, 1.807) is 60.9 Å². The van der Waals surface area contributed by atoms with E-state index in [1.807, 2.05) is 91.0 Å². The Balaban J connectivity index is 0.889. The van der Waals surface area contributed by atoms with E-state index in [0.29, 0.717) is 33.3 Å². The van der Waals surface area contributed by atoms with E-state index in [0.717, 1.165) is 16.7 Å². The standard InChI is InChI=1S/C55H48N6O12/c62-45(43-24-39-20-10-12-22-47(39)71-53(43)64)28-60-26-41(56-58-60)33-66-35-49-50(67-30-36-14-4-1-5-15-36)51(68-31-37-16-6-2-7-17-37)52(69-32-38-18-8-3-9-19-38)55(73-49)70-34-42-27-61(59-57-42)29-46(63)44-25-40-21-11-13-23-48(40)72-54(44)65/h1-27,49-52,55H,28-35H2/t49-,50-,51+,52-,55+/m1/s1. The molecule has 1 aliphatic rings. The Bertz CT molecular complexity index is 3420. The average molecular weight is 985 g/mol. The van der Waals surface area contributed by atoms with Crippen LogP contribution in [-0.4, -0.2) is 78.9 Å². The van der Waals surface area contributed by atoms with Gasteiger partial charge in [0.15, 0.2) is 17.9 Å². The van der Waals surface area contributed by atoms with Gasteiger partial charge in [-0.2, -0.15) is 0 Å². The van der Waals surface area contributed by atoms with Gasteiger partial charge in [0.1, 0.15) is 71.2 Å². The highest BCUT2D eigenvalue weighted by molar-refractivity contribution is 5.98. The van der Waals surface area contributed by atoms with Crippen molar-refractivity contribution in [3.05, 3.63) is 224 Å². The molecule has 1 saturated heterocycles. The number of ether oxygens (including phenoxy) is 6. The number of Topliss-reactive ketones (excluding diaryl/α,β-unsaturated/α-hetero) is 2. The minimum absolute atomic E-state index is 0.0322. The third-order valence-corrected chi connectivity index (χ3v) is 12.0. The Morgan fingerprint density at radius 1 is 0.493 bits per heavy atom. The van der Waals surface area contributed by atoms with Gasteiger partial charge in [-0.1, -0.05) is 138 Å². The molecule has 4 aromatic heterocycles. The fourth-order valence-electron chi connectivity index (χ4n) is 8.40. The number of nitrogens with zero attached hydrogens (tertiary/aromatic N) is 6. The van der Waals surface area contributed by atoms with E-state index in [2.05, 4.69) is 20.6 Å². The summed E-state index contributed by atoms with van der Waals surface area (Å²) in [6.07, 6.45) is -1.27. The summed E-state index contributed by atoms with van der Waals surface area (Å²) in [6, 6.07) is 46.0. The number of rotatable bonds is 22. The van der Waals surface area contributed by atoms with Crippen molar-refractivity contribution in [3.8, 4) is 0 Å². The lowest BCUT2D eigenvalue weighted by molar-refractivity contribution is -0.331. The second-order valence-corrected chi connectivity index (χ2v) is 17.3. The number of ketones is 2. The van der Waals surface area contributed by atoms with Gasteiger partial charge in [-0.15, -0.1) is 10.2 Å². The Morgan fingerprint density at radius 2 is 0.932 bits per heavy atom. The molecule has 0 bridgehead atoms. The summed E-state index contributed by atoms with van der Waals surface area (Å²) in [5.41, 5.74) is 2.58. The molecule has 0 spiro atoms. The Hall–Kier alpha value is -8.10. The lowest BCUT2D eigenvalue weighted by Gasteiger charge is -2.45. The molecule has 0 amide bonds. The fraction of sp³-hybridized carbons (Fsp3) is 0.236. The molecule has 1 aliphatic heterocycles. The Labute approximate surface area is 416 Å². The van der Waals surface area contributed by atoms with Gasteiger partial charge in [0, 0.05) is 10.8 Å². The van der Waals surface area contributed by atoms with Crippen LogP contribution in [0.4, 0.5) is 0 Å². The first kappa shape index (κ1) is 48.5. The lowest BCUT2D eigenvalue weighted by atomic mass is 9.97. The zero-order valence-electron chi connectivity index (χ0n) is 39.2. The van der Waals surface area contributed by atoms with Crippen LogP contribution < -0.4 is 11.3 Å². The molecule has 0 radical (unpaired) electrons. The van der Waals surface area contributed by atoms with Gasteiger partial charge >= 0.3 is 11.3 Å². The zero-order chi connectivity index (χ0) is 49.9. The second-order valence-electron chi connectivity index (χ2n) is 17.3. The second kappa shape index (κ2) is 23.0. The van der Waals surface area contributed by atoms with Crippen molar-refractivity contribution in [2.24, 2.45) is 0 Å². The molecule has 9 aromatic rings. The molecule has 370 valence electrons. The summed E-state index contributed by atoms with van der Waals surface area (Å²) >= 11 is 0. The highest BCUT2D eigenvalue weighted by Crippen LogP contribution is 2.32. The van der Waals surface area contributed by atoms with Crippen molar-refractivity contribution < 1.29 is 46.8 Å². The molecule has 0 unspecified atom stereocenters. The molecule has 1 fully saturated rings. The third kappa shape index (κ3) is 12.2. The normalized spacial score (nSPS) is 17.8. The van der Waals surface area contributed by atoms with Gasteiger partial charge in [-0.3, -0.25) is 9.59 Å². The van der Waals surface area contributed by atoms with Crippen LogP contribution in [0.15, 0.2) is 182 Å². The smallest absolute Gasteiger partial charge is 0.347 e. The molecule has 18 heteroatoms. The quantitative estimate of drug-likeness (QED) is 0.0491. The van der Waals surface area contributed by atoms with Crippen LogP contribution in [0.25, 0.3) is 21.9 Å². The topological polar surface area (TPSA) is 211 Å². The molecule has 0 aliphatic carbocycles. The summed E-state index contributed by atoms with van der Waals surface area (Å²) < 4.78 is 53.4. The first-order valence-corrected chi connectivity index (χ1v) is 23.5. The number of para-hydroxylation sites is 2. The SMILES string of the molecule is O=C(Cn1cc(COC[C@H]2O[C@H](OCc3cn(CC(=O)c4cc5ccccc5oc4=O)nn3)[C@H](OCc3ccccc3)[C@@H](OCc3ccccc3)[C@@H]2OCc2ccccc2)nn1)c1cc2ccccc2oc1=O. The highest BCUT2D eigenvalue weighted by Gasteiger charge is 2.49. The zero-order valence-corrected chi connectivity index (χ0v) is 39.2. The van der Waals surface area contributed by atoms with Crippen molar-refractivity contribution in [2.75, 3.05) is 6.61 Å². The van der Waals surface area contributed by atoms with Gasteiger partial charge in [-0.25, -0.2) is 19.0 Å². The maximum atomic E-state index is 13.4. The minimum atomic E-state index is -1.09. The van der Waals surface area contributed by atoms with E-state index < -0.39 is 53.5 Å². The van der Waals surface area contributed by atoms with Crippen molar-refractivity contribution in [3.63, 3.8) is 0 Å². The van der Waals surface area contributed by atoms with Crippen LogP contribution in [0.5, 0.6) is 0 Å². The van der Waals surface area contributed by atoms with Gasteiger partial charge < -0.3 is 37.3 Å². The average Bonchev–Trinajstić information content (AvgIpc) is 4.07. The van der Waals surface area contributed by atoms with Crippen LogP contribution >= 0.6 is 0 Å². The van der Waals surface area contributed by atoms with E-state index in [-0.39, 0.29) is 63.9 Å². The number of carbonyl (C=O) groups is 2. The van der Waals surface area contributed by atoms with Crippen molar-refractivity contribution >= 4 is 33.5 Å². The predicted molar refractivity (Wildman–Crippen MR) is 262 cm³/mol. The largest absolute Gasteiger partial charge is 0.422 e. The van der Waals surface area contributed by atoms with Crippen molar-refractivity contribution in [1.29, 1.82) is 0 Å². The molecule has 18 nitrogen and oxygen atoms in total. The van der Waals surface area contributed by atoms with E-state index in [1.165, 1.54) is 21.5 Å². The summed E-state index contributed by atoms with van der Waals surface area (Å²) in [7, 11) is 0. The molecule has 5 atom stereocenters. The van der Waals surface area contributed by atoms with Crippen molar-refractivity contribution in [2.45, 2.75) is 76.8 Å². The summed E-state index contributed by atoms with van der Waals surface area (Å²) in [4.78, 5) is 52.1. The lowest BCUT2D eigenvalue weighted by Crippen LogP contribution is -2.61. The van der Waals surface area contributed by atoms with Gasteiger partial charge in [0.25, 0.3) is 0 Å². The summed E-state index contributed by atoms with van der Waals surface area (Å²) in [5, 5.41) is 18.0. The predicted octanol–water partition coefficient (Wildman–Crippen LogP) is 7.06. The van der Waals surface area contributed by atoms with Gasteiger partial charge in [-0.05, 0) is 41.0 Å². The van der Waals surface area contributed by atoms with Crippen LogP contribution in [-0.2, 0) is 74.5 Å². The van der Waals surface area contributed by atoms with E-state index >= 15 is 0 Å². The van der Waals surface area contributed by atoms with Crippen LogP contribution in [0.2, 0.25) is 0 Å². The number of fused-ring (bicyclic) bond motifs is 2. The Morgan fingerprint density at radius 3 is 1.44 bits per heavy atom. The molecule has 73 heavy (non-hydrogen) atoms. The number of hydrogen-bond acceptors (Lipinski definition) is 16. The van der Waals surface area contributed by atoms with Gasteiger partial charge in [0.2, 0.25) is 0 Å². The van der Waals surface area contributed by atoms with Crippen molar-refractivity contribution in [1.82, 2.24) is 30.0 Å². The number of hydrogen-bond donors (Lipinski definition) is 0. The molecular formula is C55H48N6O12. The van der Waals surface area contributed by atoms with Crippen LogP contribution in [0.1, 0.15) is 48.8 Å². The molecule has 0 N–H and O–H groups in total. The molecule has 5 heterocycles. The number of aromatic nitrogens is 6. The summed E-state index contributed by atoms with van der Waals surface area (Å²) in [5.74, 6) is -0.996. The maximum absolute atomic E-state index is 13.4. The third-order valence-electron chi connectivity index (χ3n) is 12.0. The number of carbonyl (C=O) groups excluding carboxylic acids is 2. The van der Waals surface area contributed by atoms with Gasteiger partial charge in [0.05, 0.1) is 52.0 Å². The molecule has 10 rings (SSSR count). The highest BCUT2D eigenvalue weighted by atomic mass is 16.7. The summed E-state index contributed by atoms with van der Waals surface area (Å²) in [6.45, 7) is -0.155. The Kier molecular flexibility index (Phi) is 15.3. The maximum Gasteiger partial charge on any atom is 0.347 e. The fourth-order valence-corrected chi connectivity index (χ4v) is 8.40. The monoisotopic (exact) mass is 984 g/mol. The molecule has 0 saturated carbocycles. The minimum Gasteiger partial charge on any atom is -0.422 e. The van der Waals surface area contributed by atoms with E-state index in [9.17, 15) is 19.2 Å². The first-order valence-electron chi connectivity index (χ1n) is 23.5. The van der Waals surface area contributed by atoms with Crippen LogP contribution in [0, 0.1) is 0 Å². The van der Waals surface area contributed by atoms with E-state index in [4.69, 9.17) is 37.3 Å². The molecular weight excluding hydrogens is 937 g/mol. The number of benzene rings is 5. The van der Waals surface area contributed by atoms with Crippen LogP contribution in [0.3, 0.4) is 0 Å². The first-order chi connectivity index (χ1) is 35.8. The molecule has 5 aromatic carbocycles.